The van der Waals surface area contributed by atoms with Gasteiger partial charge in [0.1, 0.15) is 6.10 Å². The number of rotatable bonds is 7. The molecule has 3 saturated heterocycles. The first-order valence-electron chi connectivity index (χ1n) is 14.5. The minimum atomic E-state index is -0.140. The van der Waals surface area contributed by atoms with Gasteiger partial charge in [0, 0.05) is 49.9 Å². The summed E-state index contributed by atoms with van der Waals surface area (Å²) in [6, 6.07) is 12.6. The van der Waals surface area contributed by atoms with Crippen LogP contribution in [0.3, 0.4) is 0 Å². The molecule has 0 atom stereocenters. The number of thiophene rings is 1. The summed E-state index contributed by atoms with van der Waals surface area (Å²) in [5.74, 6) is 1.23. The molecule has 1 amide bonds. The van der Waals surface area contributed by atoms with Gasteiger partial charge in [-0.05, 0) is 80.7 Å². The summed E-state index contributed by atoms with van der Waals surface area (Å²) in [7, 11) is 3.18. The quantitative estimate of drug-likeness (QED) is 0.388. The van der Waals surface area contributed by atoms with Gasteiger partial charge in [-0.15, -0.1) is 11.3 Å². The van der Waals surface area contributed by atoms with Crippen molar-refractivity contribution in [3.05, 3.63) is 40.8 Å². The molecule has 0 unspecified atom stereocenters. The maximum absolute atomic E-state index is 12.9. The van der Waals surface area contributed by atoms with E-state index in [0.29, 0.717) is 23.1 Å². The molecule has 0 saturated carbocycles. The van der Waals surface area contributed by atoms with Crippen LogP contribution < -0.4 is 14.4 Å². The van der Waals surface area contributed by atoms with Gasteiger partial charge in [0.15, 0.2) is 11.5 Å². The summed E-state index contributed by atoms with van der Waals surface area (Å²) in [5, 5.41) is 11.0. The second kappa shape index (κ2) is 13.4. The second-order valence-electron chi connectivity index (χ2n) is 10.8. The Morgan fingerprint density at radius 2 is 1.65 bits per heavy atom. The maximum atomic E-state index is 12.9. The minimum absolute atomic E-state index is 0.0295. The van der Waals surface area contributed by atoms with Crippen LogP contribution in [0.4, 0.5) is 9.80 Å². The first-order valence-corrected chi connectivity index (χ1v) is 15.3. The predicted molar refractivity (Wildman–Crippen MR) is 159 cm³/mol. The first kappa shape index (κ1) is 28.3. The predicted octanol–water partition coefficient (Wildman–Crippen LogP) is 5.89. The number of likely N-dealkylation sites (tertiary alicyclic amines) is 2. The van der Waals surface area contributed by atoms with E-state index in [1.54, 1.807) is 25.6 Å². The lowest BCUT2D eigenvalue weighted by atomic mass is 10.0. The zero-order valence-corrected chi connectivity index (χ0v) is 24.5. The summed E-state index contributed by atoms with van der Waals surface area (Å²) in [6.45, 7) is 5.73. The Bertz CT molecular complexity index is 1220. The van der Waals surface area contributed by atoms with Gasteiger partial charge in [-0.2, -0.15) is 5.26 Å². The van der Waals surface area contributed by atoms with Crippen molar-refractivity contribution < 1.29 is 19.0 Å². The highest BCUT2D eigenvalue weighted by Crippen LogP contribution is 2.34. The third-order valence-electron chi connectivity index (χ3n) is 8.37. The van der Waals surface area contributed by atoms with Crippen LogP contribution in [-0.4, -0.2) is 81.5 Å². The summed E-state index contributed by atoms with van der Waals surface area (Å²) in [4.78, 5) is 20.8. The van der Waals surface area contributed by atoms with E-state index in [9.17, 15) is 10.1 Å². The number of methoxy groups -OCH3 is 2. The molecule has 0 bridgehead atoms. The molecule has 9 heteroatoms. The third-order valence-corrected chi connectivity index (χ3v) is 9.46. The molecule has 0 N–H and O–H groups in total. The minimum Gasteiger partial charge on any atom is -0.493 e. The van der Waals surface area contributed by atoms with E-state index in [1.165, 1.54) is 37.4 Å². The maximum Gasteiger partial charge on any atom is 0.410 e. The number of piperidine rings is 3. The average molecular weight is 565 g/mol. The molecule has 1 aromatic heterocycles. The van der Waals surface area contributed by atoms with E-state index < -0.39 is 0 Å². The molecule has 3 aliphatic rings. The lowest BCUT2D eigenvalue weighted by Crippen LogP contribution is -2.49. The van der Waals surface area contributed by atoms with Gasteiger partial charge in [-0.3, -0.25) is 0 Å². The van der Waals surface area contributed by atoms with Gasteiger partial charge in [0.25, 0.3) is 0 Å². The molecule has 5 rings (SSSR count). The fourth-order valence-corrected chi connectivity index (χ4v) is 7.03. The number of nitriles is 1. The van der Waals surface area contributed by atoms with Gasteiger partial charge in [0.05, 0.1) is 30.9 Å². The first-order chi connectivity index (χ1) is 19.6. The van der Waals surface area contributed by atoms with Gasteiger partial charge >= 0.3 is 6.09 Å². The fourth-order valence-electron chi connectivity index (χ4n) is 6.02. The second-order valence-corrected chi connectivity index (χ2v) is 11.9. The van der Waals surface area contributed by atoms with Crippen LogP contribution in [0.15, 0.2) is 30.3 Å². The third kappa shape index (κ3) is 6.73. The summed E-state index contributed by atoms with van der Waals surface area (Å²) < 4.78 is 16.7. The highest BCUT2D eigenvalue weighted by Gasteiger charge is 2.30. The van der Waals surface area contributed by atoms with E-state index >= 15 is 0 Å². The lowest BCUT2D eigenvalue weighted by Gasteiger charge is -2.40. The van der Waals surface area contributed by atoms with E-state index in [1.807, 2.05) is 29.2 Å². The van der Waals surface area contributed by atoms with Crippen LogP contribution in [0, 0.1) is 11.3 Å². The standard InChI is InChI=1S/C31H40N4O4S/c1-37-28-8-6-23(21-29(28)38-2)24(22-32)20-27-7-9-30(40-27)34-18-12-26(13-19-34)39-31(36)35-16-10-25(11-17-35)33-14-4-3-5-15-33/h6-9,20-21,25-26H,3-5,10-19H2,1-2H3. The summed E-state index contributed by atoms with van der Waals surface area (Å²) >= 11 is 1.67. The van der Waals surface area contributed by atoms with Crippen LogP contribution in [-0.2, 0) is 4.74 Å². The molecule has 0 aliphatic carbocycles. The Kier molecular flexibility index (Phi) is 9.50. The molecule has 0 radical (unpaired) electrons. The summed E-state index contributed by atoms with van der Waals surface area (Å²) in [6.07, 6.45) is 9.49. The van der Waals surface area contributed by atoms with Gasteiger partial charge in [0.2, 0.25) is 0 Å². The lowest BCUT2D eigenvalue weighted by molar-refractivity contribution is 0.0347. The van der Waals surface area contributed by atoms with Crippen LogP contribution in [0.25, 0.3) is 11.6 Å². The number of anilines is 1. The Morgan fingerprint density at radius 3 is 2.33 bits per heavy atom. The Balaban J connectivity index is 1.11. The van der Waals surface area contributed by atoms with E-state index in [2.05, 4.69) is 28.0 Å². The number of carbonyl (C=O) groups is 1. The number of amides is 1. The Labute approximate surface area is 241 Å². The van der Waals surface area contributed by atoms with Crippen molar-refractivity contribution in [2.75, 3.05) is 58.4 Å². The molecule has 3 aliphatic heterocycles. The largest absolute Gasteiger partial charge is 0.493 e. The van der Waals surface area contributed by atoms with Gasteiger partial charge in [-0.25, -0.2) is 4.79 Å². The molecule has 40 heavy (non-hydrogen) atoms. The summed E-state index contributed by atoms with van der Waals surface area (Å²) in [5.41, 5.74) is 1.35. The van der Waals surface area contributed by atoms with Crippen LogP contribution in [0.2, 0.25) is 0 Å². The number of nitrogens with zero attached hydrogens (tertiary/aromatic N) is 4. The van der Waals surface area contributed by atoms with Gasteiger partial charge < -0.3 is 28.9 Å². The van der Waals surface area contributed by atoms with Crippen LogP contribution >= 0.6 is 11.3 Å². The molecule has 2 aromatic rings. The molecular weight excluding hydrogens is 524 g/mol. The van der Waals surface area contributed by atoms with E-state index in [0.717, 1.165) is 62.3 Å². The number of hydrogen-bond acceptors (Lipinski definition) is 8. The van der Waals surface area contributed by atoms with Crippen molar-refractivity contribution >= 4 is 34.1 Å². The topological polar surface area (TPSA) is 78.3 Å². The Morgan fingerprint density at radius 1 is 0.925 bits per heavy atom. The number of carbonyl (C=O) groups excluding carboxylic acids is 1. The zero-order valence-electron chi connectivity index (χ0n) is 23.6. The molecule has 0 spiro atoms. The highest BCUT2D eigenvalue weighted by molar-refractivity contribution is 7.17. The van der Waals surface area contributed by atoms with Crippen LogP contribution in [0.1, 0.15) is 55.4 Å². The highest BCUT2D eigenvalue weighted by atomic mass is 32.1. The molecule has 4 heterocycles. The van der Waals surface area contributed by atoms with Crippen molar-refractivity contribution in [2.45, 2.75) is 57.1 Å². The van der Waals surface area contributed by atoms with Crippen molar-refractivity contribution in [2.24, 2.45) is 0 Å². The number of hydrogen-bond donors (Lipinski definition) is 0. The molecule has 3 fully saturated rings. The zero-order chi connectivity index (χ0) is 27.9. The van der Waals surface area contributed by atoms with Crippen molar-refractivity contribution in [3.63, 3.8) is 0 Å². The van der Waals surface area contributed by atoms with Crippen molar-refractivity contribution in [3.8, 4) is 17.6 Å². The number of benzene rings is 1. The van der Waals surface area contributed by atoms with Crippen molar-refractivity contribution in [1.82, 2.24) is 9.80 Å². The normalized spacial score (nSPS) is 19.8. The smallest absolute Gasteiger partial charge is 0.410 e. The average Bonchev–Trinajstić information content (AvgIpc) is 3.49. The molecular formula is C31H40N4O4S. The molecule has 1 aromatic carbocycles. The van der Waals surface area contributed by atoms with E-state index in [4.69, 9.17) is 14.2 Å². The fraction of sp³-hybridized carbons (Fsp3) is 0.548. The molecule has 214 valence electrons. The van der Waals surface area contributed by atoms with Gasteiger partial charge in [-0.1, -0.05) is 6.42 Å². The van der Waals surface area contributed by atoms with Crippen molar-refractivity contribution in [1.29, 1.82) is 5.26 Å². The number of ether oxygens (including phenoxy) is 3. The van der Waals surface area contributed by atoms with E-state index in [-0.39, 0.29) is 12.2 Å². The molecule has 8 nitrogen and oxygen atoms in total. The SMILES string of the molecule is COc1ccc(C(C#N)=Cc2ccc(N3CCC(OC(=O)N4CCC(N5CCCCC5)CC4)CC3)s2)cc1OC. The van der Waals surface area contributed by atoms with Crippen LogP contribution in [0.5, 0.6) is 11.5 Å². The Hall–Kier alpha value is -3.22. The number of allylic oxidation sites excluding steroid dienone is 1. The monoisotopic (exact) mass is 564 g/mol.